The summed E-state index contributed by atoms with van der Waals surface area (Å²) in [5, 5.41) is 8.35. The number of piperazine rings is 1. The second kappa shape index (κ2) is 9.79. The maximum atomic E-state index is 5.45. The van der Waals surface area contributed by atoms with Crippen molar-refractivity contribution >= 4 is 5.69 Å². The Morgan fingerprint density at radius 1 is 1.03 bits per heavy atom. The normalized spacial score (nSPS) is 17.1. The number of pyridine rings is 1. The first kappa shape index (κ1) is 22.8. The molecule has 1 N–H and O–H groups in total. The number of nitrogens with one attached hydrogen (secondary N) is 1. The molecule has 4 aromatic rings. The van der Waals surface area contributed by atoms with E-state index in [2.05, 4.69) is 57.6 Å². The van der Waals surface area contributed by atoms with Crippen LogP contribution < -0.4 is 10.2 Å². The molecule has 6 rings (SSSR count). The molecule has 8 nitrogen and oxygen atoms in total. The molecule has 8 heteroatoms. The molecule has 2 saturated heterocycles. The molecule has 0 spiro atoms. The van der Waals surface area contributed by atoms with Crippen molar-refractivity contribution in [2.45, 2.75) is 19.9 Å². The summed E-state index contributed by atoms with van der Waals surface area (Å²) >= 11 is 0. The molecule has 184 valence electrons. The van der Waals surface area contributed by atoms with Gasteiger partial charge in [-0.3, -0.25) is 9.67 Å². The number of anilines is 1. The molecule has 0 amide bonds. The van der Waals surface area contributed by atoms with Gasteiger partial charge in [0, 0.05) is 79.6 Å². The maximum absolute atomic E-state index is 5.45. The molecular weight excluding hydrogens is 450 g/mol. The Hall–Kier alpha value is -3.62. The van der Waals surface area contributed by atoms with Gasteiger partial charge in [0.1, 0.15) is 11.5 Å². The van der Waals surface area contributed by atoms with E-state index in [1.807, 2.05) is 35.3 Å². The van der Waals surface area contributed by atoms with Crippen LogP contribution in [0.2, 0.25) is 0 Å². The second-order valence-corrected chi connectivity index (χ2v) is 10.1. The molecule has 1 aromatic carbocycles. The van der Waals surface area contributed by atoms with Crippen molar-refractivity contribution < 1.29 is 4.74 Å². The first-order valence-electron chi connectivity index (χ1n) is 12.6. The van der Waals surface area contributed by atoms with Gasteiger partial charge in [0.2, 0.25) is 0 Å². The average molecular weight is 482 g/mol. The first-order valence-corrected chi connectivity index (χ1v) is 12.6. The zero-order valence-corrected chi connectivity index (χ0v) is 20.6. The van der Waals surface area contributed by atoms with Gasteiger partial charge in [0.25, 0.3) is 0 Å². The van der Waals surface area contributed by atoms with E-state index in [-0.39, 0.29) is 5.41 Å². The minimum atomic E-state index is 0.114. The van der Waals surface area contributed by atoms with Crippen molar-refractivity contribution in [2.24, 2.45) is 5.41 Å². The Morgan fingerprint density at radius 2 is 1.86 bits per heavy atom. The van der Waals surface area contributed by atoms with Gasteiger partial charge in [-0.25, -0.2) is 9.97 Å². The van der Waals surface area contributed by atoms with E-state index in [1.54, 1.807) is 6.20 Å². The van der Waals surface area contributed by atoms with Crippen LogP contribution in [-0.4, -0.2) is 64.1 Å². The fourth-order valence-corrected chi connectivity index (χ4v) is 4.90. The summed E-state index contributed by atoms with van der Waals surface area (Å²) in [6.07, 6.45) is 8.26. The molecule has 2 fully saturated rings. The monoisotopic (exact) mass is 481 g/mol. The van der Waals surface area contributed by atoms with Crippen molar-refractivity contribution in [3.05, 3.63) is 78.6 Å². The van der Waals surface area contributed by atoms with Gasteiger partial charge in [0.15, 0.2) is 0 Å². The van der Waals surface area contributed by atoms with Gasteiger partial charge in [-0.05, 0) is 35.9 Å². The third-order valence-corrected chi connectivity index (χ3v) is 6.90. The number of ether oxygens (including phenoxy) is 1. The summed E-state index contributed by atoms with van der Waals surface area (Å²) in [5.74, 6) is 0.798. The Bertz CT molecular complexity index is 1310. The van der Waals surface area contributed by atoms with Crippen molar-refractivity contribution in [1.29, 1.82) is 0 Å². The van der Waals surface area contributed by atoms with Gasteiger partial charge < -0.3 is 15.0 Å². The average Bonchev–Trinajstić information content (AvgIpc) is 3.33. The molecule has 0 bridgehead atoms. The lowest BCUT2D eigenvalue weighted by Crippen LogP contribution is -2.43. The molecule has 36 heavy (non-hydrogen) atoms. The van der Waals surface area contributed by atoms with Gasteiger partial charge in [-0.2, -0.15) is 5.10 Å². The van der Waals surface area contributed by atoms with Crippen LogP contribution in [0.4, 0.5) is 5.69 Å². The molecule has 2 aliphatic heterocycles. The van der Waals surface area contributed by atoms with Crippen molar-refractivity contribution in [2.75, 3.05) is 44.3 Å². The Kier molecular flexibility index (Phi) is 6.21. The lowest BCUT2D eigenvalue weighted by molar-refractivity contribution is -0.111. The van der Waals surface area contributed by atoms with E-state index in [4.69, 9.17) is 14.8 Å². The molecular formula is C28H31N7O. The Morgan fingerprint density at radius 3 is 2.58 bits per heavy atom. The van der Waals surface area contributed by atoms with Crippen LogP contribution in [0, 0.1) is 5.41 Å². The second-order valence-electron chi connectivity index (χ2n) is 10.1. The number of aromatic nitrogens is 5. The Balaban J connectivity index is 1.26. The standard InChI is InChI=1S/C28H31N7O/c1-28(19-36-20-28)18-35-17-24(27(33-35)22-3-2-9-30-16-22)25-8-10-31-26(32-25)15-21-4-6-23(7-5-21)34-13-11-29-12-14-34/h2-10,16-17,29H,11-15,18-20H2,1H3. The zero-order chi connectivity index (χ0) is 24.4. The predicted octanol–water partition coefficient (Wildman–Crippen LogP) is 3.44. The molecule has 0 aliphatic carbocycles. The number of rotatable bonds is 7. The minimum absolute atomic E-state index is 0.114. The molecule has 3 aromatic heterocycles. The molecule has 2 aliphatic rings. The van der Waals surface area contributed by atoms with Crippen LogP contribution in [0.1, 0.15) is 18.3 Å². The summed E-state index contributed by atoms with van der Waals surface area (Å²) in [4.78, 5) is 16.3. The van der Waals surface area contributed by atoms with E-state index in [0.717, 1.165) is 74.3 Å². The lowest BCUT2D eigenvalue weighted by atomic mass is 9.89. The smallest absolute Gasteiger partial charge is 0.133 e. The van der Waals surface area contributed by atoms with Crippen molar-refractivity contribution in [1.82, 2.24) is 30.0 Å². The highest BCUT2D eigenvalue weighted by Gasteiger charge is 2.34. The summed E-state index contributed by atoms with van der Waals surface area (Å²) < 4.78 is 7.48. The predicted molar refractivity (Wildman–Crippen MR) is 140 cm³/mol. The highest BCUT2D eigenvalue weighted by Crippen LogP contribution is 2.33. The summed E-state index contributed by atoms with van der Waals surface area (Å²) in [6.45, 7) is 8.72. The Labute approximate surface area is 211 Å². The van der Waals surface area contributed by atoms with Gasteiger partial charge >= 0.3 is 0 Å². The minimum Gasteiger partial charge on any atom is -0.380 e. The van der Waals surface area contributed by atoms with E-state index in [9.17, 15) is 0 Å². The highest BCUT2D eigenvalue weighted by atomic mass is 16.5. The fourth-order valence-electron chi connectivity index (χ4n) is 4.90. The third kappa shape index (κ3) is 4.87. The van der Waals surface area contributed by atoms with Gasteiger partial charge in [0.05, 0.1) is 25.5 Å². The third-order valence-electron chi connectivity index (χ3n) is 6.90. The van der Waals surface area contributed by atoms with Crippen molar-refractivity contribution in [3.8, 4) is 22.5 Å². The van der Waals surface area contributed by atoms with Crippen LogP contribution in [0.3, 0.4) is 0 Å². The summed E-state index contributed by atoms with van der Waals surface area (Å²) in [7, 11) is 0. The lowest BCUT2D eigenvalue weighted by Gasteiger charge is -2.37. The molecule has 0 saturated carbocycles. The van der Waals surface area contributed by atoms with Crippen LogP contribution in [-0.2, 0) is 17.7 Å². The van der Waals surface area contributed by atoms with Crippen LogP contribution in [0.25, 0.3) is 22.5 Å². The largest absolute Gasteiger partial charge is 0.380 e. The van der Waals surface area contributed by atoms with Gasteiger partial charge in [-0.1, -0.05) is 19.1 Å². The van der Waals surface area contributed by atoms with E-state index in [0.29, 0.717) is 6.42 Å². The zero-order valence-electron chi connectivity index (χ0n) is 20.6. The molecule has 5 heterocycles. The van der Waals surface area contributed by atoms with Crippen LogP contribution in [0.5, 0.6) is 0 Å². The molecule has 0 unspecified atom stereocenters. The highest BCUT2D eigenvalue weighted by molar-refractivity contribution is 5.78. The number of benzene rings is 1. The van der Waals surface area contributed by atoms with Crippen molar-refractivity contribution in [3.63, 3.8) is 0 Å². The van der Waals surface area contributed by atoms with E-state index >= 15 is 0 Å². The number of nitrogens with zero attached hydrogens (tertiary/aromatic N) is 6. The molecule has 0 radical (unpaired) electrons. The quantitative estimate of drug-likeness (QED) is 0.433. The SMILES string of the molecule is CC1(Cn2cc(-c3ccnc(Cc4ccc(N5CCNCC5)cc4)n3)c(-c3cccnc3)n2)COC1. The van der Waals surface area contributed by atoms with Crippen LogP contribution in [0.15, 0.2) is 67.3 Å². The first-order chi connectivity index (χ1) is 17.7. The summed E-state index contributed by atoms with van der Waals surface area (Å²) in [6, 6.07) is 14.7. The van der Waals surface area contributed by atoms with E-state index < -0.39 is 0 Å². The summed E-state index contributed by atoms with van der Waals surface area (Å²) in [5.41, 5.74) is 6.31. The topological polar surface area (TPSA) is 81.0 Å². The van der Waals surface area contributed by atoms with Gasteiger partial charge in [-0.15, -0.1) is 0 Å². The number of hydrogen-bond donors (Lipinski definition) is 1. The number of hydrogen-bond acceptors (Lipinski definition) is 7. The fraction of sp³-hybridized carbons (Fsp3) is 0.357. The van der Waals surface area contributed by atoms with E-state index in [1.165, 1.54) is 11.3 Å². The maximum Gasteiger partial charge on any atom is 0.133 e. The molecule has 0 atom stereocenters. The van der Waals surface area contributed by atoms with Crippen LogP contribution >= 0.6 is 0 Å².